The first-order valence-electron chi connectivity index (χ1n) is 3.24. The monoisotopic (exact) mass is 128 g/mol. The van der Waals surface area contributed by atoms with E-state index in [0.29, 0.717) is 0 Å². The summed E-state index contributed by atoms with van der Waals surface area (Å²) in [6, 6.07) is 3.80. The molecule has 0 aliphatic rings. The van der Waals surface area contributed by atoms with Crippen molar-refractivity contribution in [1.82, 2.24) is 0 Å². The summed E-state index contributed by atoms with van der Waals surface area (Å²) in [5, 5.41) is 0. The number of nitrogens with two attached hydrogens (primary N) is 2. The van der Waals surface area contributed by atoms with Gasteiger partial charge in [-0.3, -0.25) is 0 Å². The summed E-state index contributed by atoms with van der Waals surface area (Å²) in [4.78, 5) is 0. The van der Waals surface area contributed by atoms with Crippen molar-refractivity contribution in [2.24, 2.45) is 0 Å². The number of benzene rings is 1. The van der Waals surface area contributed by atoms with Crippen molar-refractivity contribution in [1.29, 1.82) is 0 Å². The molecule has 0 aliphatic heterocycles. The molecule has 0 aliphatic carbocycles. The van der Waals surface area contributed by atoms with Crippen LogP contribution in [0.4, 0.5) is 11.4 Å². The van der Waals surface area contributed by atoms with Gasteiger partial charge in [-0.2, -0.15) is 0 Å². The Hall–Kier alpha value is -0.583. The standard InChI is InChI=1S/C7H9N2.Li/c1-5-2-3-6(8)4-7(5)9;/h2-3H,8-9H2,1H3;. The molecule has 4 N–H and O–H groups in total. The molecule has 1 aromatic rings. The van der Waals surface area contributed by atoms with Gasteiger partial charge in [-0.1, -0.05) is 0 Å². The van der Waals surface area contributed by atoms with E-state index in [-0.39, 0.29) is 0 Å². The molecule has 10 heavy (non-hydrogen) atoms. The summed E-state index contributed by atoms with van der Waals surface area (Å²) in [6.45, 7) is 1.97. The van der Waals surface area contributed by atoms with E-state index in [0.717, 1.165) is 21.2 Å². The number of anilines is 2. The first kappa shape index (κ1) is 7.52. The van der Waals surface area contributed by atoms with Crippen LogP contribution in [0.15, 0.2) is 12.1 Å². The quantitative estimate of drug-likeness (QED) is 0.380. The summed E-state index contributed by atoms with van der Waals surface area (Å²) >= 11 is 1.93. The zero-order valence-corrected chi connectivity index (χ0v) is 6.31. The summed E-state index contributed by atoms with van der Waals surface area (Å²) in [6.07, 6.45) is 0. The second kappa shape index (κ2) is 2.57. The number of hydrogen-bond donors (Lipinski definition) is 2. The summed E-state index contributed by atoms with van der Waals surface area (Å²) in [7, 11) is 0. The predicted molar refractivity (Wildman–Crippen MR) is 45.4 cm³/mol. The normalized spacial score (nSPS) is 9.90. The molecule has 1 aromatic carbocycles. The third-order valence-corrected chi connectivity index (χ3v) is 1.77. The van der Waals surface area contributed by atoms with Crippen LogP contribution in [-0.2, 0) is 0 Å². The van der Waals surface area contributed by atoms with Gasteiger partial charge >= 0.3 is 69.4 Å². The summed E-state index contributed by atoms with van der Waals surface area (Å²) < 4.78 is 0.986. The van der Waals surface area contributed by atoms with Crippen molar-refractivity contribution in [3.8, 4) is 0 Å². The third-order valence-electron chi connectivity index (χ3n) is 1.77. The van der Waals surface area contributed by atoms with Gasteiger partial charge in [-0.15, -0.1) is 0 Å². The molecule has 0 bridgehead atoms. The summed E-state index contributed by atoms with van der Waals surface area (Å²) in [5.41, 5.74) is 14.0. The second-order valence-electron chi connectivity index (χ2n) is 2.51. The van der Waals surface area contributed by atoms with Crippen LogP contribution in [0.3, 0.4) is 0 Å². The Balaban J connectivity index is 3.34. The van der Waals surface area contributed by atoms with Crippen LogP contribution in [-0.4, -0.2) is 17.7 Å². The zero-order chi connectivity index (χ0) is 7.72. The van der Waals surface area contributed by atoms with Gasteiger partial charge in [0.25, 0.3) is 0 Å². The average Bonchev–Trinajstić information content (AvgIpc) is 1.93. The van der Waals surface area contributed by atoms with Crippen molar-refractivity contribution in [3.63, 3.8) is 0 Å². The van der Waals surface area contributed by atoms with Crippen molar-refractivity contribution < 1.29 is 0 Å². The van der Waals surface area contributed by atoms with Crippen LogP contribution >= 0.6 is 0 Å². The molecule has 0 amide bonds. The Bertz CT molecular complexity index is 231. The number of nitrogen functional groups attached to an aromatic ring is 2. The van der Waals surface area contributed by atoms with Crippen LogP contribution < -0.4 is 15.7 Å². The van der Waals surface area contributed by atoms with E-state index in [9.17, 15) is 0 Å². The number of hydrogen-bond acceptors (Lipinski definition) is 2. The molecule has 0 saturated carbocycles. The van der Waals surface area contributed by atoms with Gasteiger partial charge in [-0.05, 0) is 0 Å². The zero-order valence-electron chi connectivity index (χ0n) is 6.31. The fourth-order valence-corrected chi connectivity index (χ4v) is 0.881. The number of aryl methyl sites for hydroxylation is 1. The van der Waals surface area contributed by atoms with Crippen molar-refractivity contribution in [3.05, 3.63) is 17.7 Å². The molecule has 1 rings (SSSR count). The molecule has 0 heterocycles. The van der Waals surface area contributed by atoms with Gasteiger partial charge in [0.1, 0.15) is 0 Å². The fourth-order valence-electron chi connectivity index (χ4n) is 0.881. The first-order chi connectivity index (χ1) is 4.63. The van der Waals surface area contributed by atoms with E-state index in [2.05, 4.69) is 0 Å². The molecule has 0 spiro atoms. The van der Waals surface area contributed by atoms with Crippen molar-refractivity contribution in [2.75, 3.05) is 11.5 Å². The van der Waals surface area contributed by atoms with E-state index < -0.39 is 0 Å². The van der Waals surface area contributed by atoms with Crippen molar-refractivity contribution in [2.45, 2.75) is 6.92 Å². The van der Waals surface area contributed by atoms with Gasteiger partial charge in [0.15, 0.2) is 0 Å². The predicted octanol–water partition coefficient (Wildman–Crippen LogP) is -0.0468. The molecule has 3 heteroatoms. The van der Waals surface area contributed by atoms with Gasteiger partial charge in [0, 0.05) is 0 Å². The Morgan fingerprint density at radius 1 is 1.30 bits per heavy atom. The Labute approximate surface area is 69.8 Å². The summed E-state index contributed by atoms with van der Waals surface area (Å²) in [5.74, 6) is 0. The average molecular weight is 128 g/mol. The van der Waals surface area contributed by atoms with Crippen LogP contribution in [0.1, 0.15) is 5.56 Å². The molecule has 0 radical (unpaired) electrons. The molecular weight excluding hydrogens is 119 g/mol. The first-order valence-corrected chi connectivity index (χ1v) is 3.24. The number of rotatable bonds is 0. The van der Waals surface area contributed by atoms with E-state index in [1.165, 1.54) is 0 Å². The third kappa shape index (κ3) is 1.13. The SMILES string of the molecule is [Li][c]1c(N)ccc(C)c1N. The van der Waals surface area contributed by atoms with E-state index >= 15 is 0 Å². The van der Waals surface area contributed by atoms with E-state index in [1.54, 1.807) is 0 Å². The molecule has 0 fully saturated rings. The Kier molecular flexibility index (Phi) is 1.94. The van der Waals surface area contributed by atoms with Crippen molar-refractivity contribution >= 4 is 33.3 Å². The minimum absolute atomic E-state index is 0.767. The second-order valence-corrected chi connectivity index (χ2v) is 2.51. The molecule has 2 nitrogen and oxygen atoms in total. The Morgan fingerprint density at radius 2 is 1.90 bits per heavy atom. The van der Waals surface area contributed by atoms with Gasteiger partial charge in [0.2, 0.25) is 0 Å². The van der Waals surface area contributed by atoms with Crippen LogP contribution in [0.5, 0.6) is 0 Å². The minimum atomic E-state index is 0.767. The molecule has 48 valence electrons. The fraction of sp³-hybridized carbons (Fsp3) is 0.143. The van der Waals surface area contributed by atoms with Gasteiger partial charge in [0.05, 0.1) is 0 Å². The van der Waals surface area contributed by atoms with Gasteiger partial charge < -0.3 is 0 Å². The van der Waals surface area contributed by atoms with Crippen LogP contribution in [0, 0.1) is 6.92 Å². The molecule has 0 unspecified atom stereocenters. The van der Waals surface area contributed by atoms with E-state index in [1.807, 2.05) is 36.8 Å². The maximum absolute atomic E-state index is 5.70. The van der Waals surface area contributed by atoms with Crippen LogP contribution in [0.25, 0.3) is 0 Å². The Morgan fingerprint density at radius 3 is 2.40 bits per heavy atom. The maximum atomic E-state index is 5.70. The molecule has 0 saturated heterocycles. The van der Waals surface area contributed by atoms with Gasteiger partial charge in [-0.25, -0.2) is 0 Å². The molecule has 0 atom stereocenters. The topological polar surface area (TPSA) is 52.0 Å². The molecule has 0 aromatic heterocycles. The van der Waals surface area contributed by atoms with Crippen LogP contribution in [0.2, 0.25) is 0 Å². The van der Waals surface area contributed by atoms with E-state index in [4.69, 9.17) is 11.5 Å². The molecular formula is C7H9LiN2.